The summed E-state index contributed by atoms with van der Waals surface area (Å²) in [5.74, 6) is 2.83. The molecule has 1 aliphatic heterocycles. The van der Waals surface area contributed by atoms with E-state index in [1.807, 2.05) is 7.05 Å². The van der Waals surface area contributed by atoms with Gasteiger partial charge in [-0.2, -0.15) is 15.0 Å². The van der Waals surface area contributed by atoms with Crippen molar-refractivity contribution in [2.75, 3.05) is 48.8 Å². The molecule has 1 fully saturated rings. The molecule has 0 spiro atoms. The van der Waals surface area contributed by atoms with E-state index in [2.05, 4.69) is 51.0 Å². The Bertz CT molecular complexity index is 430. The number of hydrogen-bond acceptors (Lipinski definition) is 6. The second-order valence-corrected chi connectivity index (χ2v) is 5.60. The molecule has 1 N–H and O–H groups in total. The number of hydrogen-bond donors (Lipinski definition) is 1. The third kappa shape index (κ3) is 3.49. The van der Waals surface area contributed by atoms with Crippen molar-refractivity contribution >= 4 is 17.8 Å². The van der Waals surface area contributed by atoms with E-state index in [0.717, 1.165) is 38.0 Å². The molecule has 2 heterocycles. The van der Waals surface area contributed by atoms with Crippen LogP contribution in [0.5, 0.6) is 0 Å². The van der Waals surface area contributed by atoms with Gasteiger partial charge in [-0.1, -0.05) is 20.3 Å². The standard InChI is InChI=1S/C14H26N6/c1-5-11(2)10-19(4)13-16-12(15-3)17-14(18-13)20-8-6-7-9-20/h11H,5-10H2,1-4H3,(H,15,16,17,18). The molecule has 0 amide bonds. The van der Waals surface area contributed by atoms with Gasteiger partial charge in [-0.15, -0.1) is 0 Å². The molecule has 2 rings (SSSR count). The number of rotatable bonds is 6. The zero-order valence-corrected chi connectivity index (χ0v) is 13.1. The van der Waals surface area contributed by atoms with Gasteiger partial charge in [0.15, 0.2) is 0 Å². The van der Waals surface area contributed by atoms with Crippen LogP contribution in [0.3, 0.4) is 0 Å². The second kappa shape index (κ2) is 6.72. The lowest BCUT2D eigenvalue weighted by atomic mass is 10.1. The fourth-order valence-corrected chi connectivity index (χ4v) is 2.37. The SMILES string of the molecule is CCC(C)CN(C)c1nc(NC)nc(N2CCCC2)n1. The topological polar surface area (TPSA) is 57.2 Å². The lowest BCUT2D eigenvalue weighted by Gasteiger charge is -2.23. The quantitative estimate of drug-likeness (QED) is 0.859. The lowest BCUT2D eigenvalue weighted by molar-refractivity contribution is 0.554. The first-order valence-corrected chi connectivity index (χ1v) is 7.54. The Morgan fingerprint density at radius 3 is 2.55 bits per heavy atom. The number of nitrogens with zero attached hydrogens (tertiary/aromatic N) is 5. The molecule has 1 unspecified atom stereocenters. The first kappa shape index (κ1) is 14.8. The highest BCUT2D eigenvalue weighted by Crippen LogP contribution is 2.20. The van der Waals surface area contributed by atoms with E-state index in [1.165, 1.54) is 12.8 Å². The second-order valence-electron chi connectivity index (χ2n) is 5.60. The lowest BCUT2D eigenvalue weighted by Crippen LogP contribution is -2.28. The van der Waals surface area contributed by atoms with Gasteiger partial charge >= 0.3 is 0 Å². The molecule has 20 heavy (non-hydrogen) atoms. The highest BCUT2D eigenvalue weighted by molar-refractivity contribution is 5.45. The number of anilines is 3. The Hall–Kier alpha value is -1.59. The smallest absolute Gasteiger partial charge is 0.231 e. The maximum Gasteiger partial charge on any atom is 0.231 e. The predicted octanol–water partition coefficient (Wildman–Crippen LogP) is 2.00. The van der Waals surface area contributed by atoms with E-state index >= 15 is 0 Å². The van der Waals surface area contributed by atoms with Gasteiger partial charge in [0.2, 0.25) is 17.8 Å². The molecule has 0 aliphatic carbocycles. The molecular weight excluding hydrogens is 252 g/mol. The summed E-state index contributed by atoms with van der Waals surface area (Å²) in [6.45, 7) is 7.51. The minimum Gasteiger partial charge on any atom is -0.357 e. The van der Waals surface area contributed by atoms with Crippen LogP contribution in [0.2, 0.25) is 0 Å². The molecule has 1 saturated heterocycles. The summed E-state index contributed by atoms with van der Waals surface area (Å²) >= 11 is 0. The fourth-order valence-electron chi connectivity index (χ4n) is 2.37. The van der Waals surface area contributed by atoms with Gasteiger partial charge in [0.25, 0.3) is 0 Å². The van der Waals surface area contributed by atoms with E-state index in [0.29, 0.717) is 11.9 Å². The maximum absolute atomic E-state index is 4.64. The van der Waals surface area contributed by atoms with Gasteiger partial charge in [-0.25, -0.2) is 0 Å². The van der Waals surface area contributed by atoms with Crippen molar-refractivity contribution in [1.29, 1.82) is 0 Å². The molecule has 1 aromatic heterocycles. The summed E-state index contributed by atoms with van der Waals surface area (Å²) in [5.41, 5.74) is 0. The van der Waals surface area contributed by atoms with Crippen molar-refractivity contribution < 1.29 is 0 Å². The molecule has 0 radical (unpaired) electrons. The van der Waals surface area contributed by atoms with Crippen LogP contribution in [0.15, 0.2) is 0 Å². The van der Waals surface area contributed by atoms with Gasteiger partial charge < -0.3 is 15.1 Å². The third-order valence-corrected chi connectivity index (χ3v) is 3.85. The van der Waals surface area contributed by atoms with E-state index in [9.17, 15) is 0 Å². The van der Waals surface area contributed by atoms with Crippen molar-refractivity contribution in [1.82, 2.24) is 15.0 Å². The first-order chi connectivity index (χ1) is 9.63. The van der Waals surface area contributed by atoms with Crippen molar-refractivity contribution in [2.24, 2.45) is 5.92 Å². The largest absolute Gasteiger partial charge is 0.357 e. The summed E-state index contributed by atoms with van der Waals surface area (Å²) in [4.78, 5) is 18.0. The molecular formula is C14H26N6. The van der Waals surface area contributed by atoms with Gasteiger partial charge in [0, 0.05) is 33.7 Å². The number of nitrogens with one attached hydrogen (secondary N) is 1. The highest BCUT2D eigenvalue weighted by Gasteiger charge is 2.18. The predicted molar refractivity (Wildman–Crippen MR) is 83.5 cm³/mol. The first-order valence-electron chi connectivity index (χ1n) is 7.54. The molecule has 0 aromatic carbocycles. The van der Waals surface area contributed by atoms with Crippen LogP contribution >= 0.6 is 0 Å². The average Bonchev–Trinajstić information content (AvgIpc) is 3.00. The van der Waals surface area contributed by atoms with E-state index in [4.69, 9.17) is 0 Å². The fraction of sp³-hybridized carbons (Fsp3) is 0.786. The Morgan fingerprint density at radius 2 is 1.95 bits per heavy atom. The molecule has 1 aromatic rings. The summed E-state index contributed by atoms with van der Waals surface area (Å²) in [5, 5.41) is 3.04. The van der Waals surface area contributed by atoms with Crippen molar-refractivity contribution in [2.45, 2.75) is 33.1 Å². The van der Waals surface area contributed by atoms with Crippen LogP contribution in [0, 0.1) is 5.92 Å². The van der Waals surface area contributed by atoms with Crippen molar-refractivity contribution in [3.8, 4) is 0 Å². The molecule has 6 nitrogen and oxygen atoms in total. The minimum atomic E-state index is 0.630. The Balaban J connectivity index is 2.20. The van der Waals surface area contributed by atoms with Gasteiger partial charge in [-0.05, 0) is 18.8 Å². The molecule has 6 heteroatoms. The van der Waals surface area contributed by atoms with Gasteiger partial charge in [0.05, 0.1) is 0 Å². The zero-order chi connectivity index (χ0) is 14.5. The van der Waals surface area contributed by atoms with E-state index < -0.39 is 0 Å². The zero-order valence-electron chi connectivity index (χ0n) is 13.1. The third-order valence-electron chi connectivity index (χ3n) is 3.85. The monoisotopic (exact) mass is 278 g/mol. The normalized spacial score (nSPS) is 16.3. The molecule has 112 valence electrons. The van der Waals surface area contributed by atoms with Crippen LogP contribution in [0.1, 0.15) is 33.1 Å². The van der Waals surface area contributed by atoms with Crippen LogP contribution < -0.4 is 15.1 Å². The summed E-state index contributed by atoms with van der Waals surface area (Å²) in [6, 6.07) is 0. The van der Waals surface area contributed by atoms with E-state index in [1.54, 1.807) is 0 Å². The number of aromatic nitrogens is 3. The van der Waals surface area contributed by atoms with Gasteiger partial charge in [0.1, 0.15) is 0 Å². The molecule has 0 bridgehead atoms. The van der Waals surface area contributed by atoms with Crippen LogP contribution in [-0.2, 0) is 0 Å². The molecule has 1 aliphatic rings. The van der Waals surface area contributed by atoms with E-state index in [-0.39, 0.29) is 0 Å². The van der Waals surface area contributed by atoms with Crippen LogP contribution in [-0.4, -0.2) is 48.7 Å². The van der Waals surface area contributed by atoms with Crippen molar-refractivity contribution in [3.63, 3.8) is 0 Å². The van der Waals surface area contributed by atoms with Gasteiger partial charge in [-0.3, -0.25) is 0 Å². The summed E-state index contributed by atoms with van der Waals surface area (Å²) in [7, 11) is 3.90. The van der Waals surface area contributed by atoms with Crippen molar-refractivity contribution in [3.05, 3.63) is 0 Å². The molecule has 1 atom stereocenters. The average molecular weight is 278 g/mol. The highest BCUT2D eigenvalue weighted by atomic mass is 15.4. The summed E-state index contributed by atoms with van der Waals surface area (Å²) in [6.07, 6.45) is 3.60. The Morgan fingerprint density at radius 1 is 1.25 bits per heavy atom. The molecule has 0 saturated carbocycles. The minimum absolute atomic E-state index is 0.630. The Kier molecular flexibility index (Phi) is 4.98. The summed E-state index contributed by atoms with van der Waals surface area (Å²) < 4.78 is 0. The van der Waals surface area contributed by atoms with Crippen LogP contribution in [0.25, 0.3) is 0 Å². The van der Waals surface area contributed by atoms with Crippen LogP contribution in [0.4, 0.5) is 17.8 Å². The maximum atomic E-state index is 4.64. The Labute approximate surface area is 121 Å².